The number of β-amino-alcohol motifs (C(OH)–C–C–N with tert-alkyl or cyclic N) is 1. The van der Waals surface area contributed by atoms with Crippen LogP contribution in [0.25, 0.3) is 0 Å². The first-order valence-corrected chi connectivity index (χ1v) is 11.5. The van der Waals surface area contributed by atoms with Crippen LogP contribution in [0.4, 0.5) is 0 Å². The number of carbonyl (C=O) groups excluding carboxylic acids is 2. The minimum absolute atomic E-state index is 0.0928. The first-order valence-electron chi connectivity index (χ1n) is 11.5. The lowest BCUT2D eigenvalue weighted by Gasteiger charge is -2.46. The summed E-state index contributed by atoms with van der Waals surface area (Å²) in [7, 11) is 0. The van der Waals surface area contributed by atoms with Gasteiger partial charge in [0.2, 0.25) is 11.8 Å². The van der Waals surface area contributed by atoms with Gasteiger partial charge in [0.25, 0.3) is 0 Å². The molecule has 3 fully saturated rings. The molecule has 10 nitrogen and oxygen atoms in total. The number of rotatable bonds is 7. The van der Waals surface area contributed by atoms with Crippen molar-refractivity contribution in [1.82, 2.24) is 25.2 Å². The van der Waals surface area contributed by atoms with E-state index in [2.05, 4.69) is 15.6 Å². The third kappa shape index (κ3) is 4.40. The zero-order valence-electron chi connectivity index (χ0n) is 19.1. The summed E-state index contributed by atoms with van der Waals surface area (Å²) in [6, 6.07) is -1.58. The van der Waals surface area contributed by atoms with Gasteiger partial charge in [-0.15, -0.1) is 5.10 Å². The fourth-order valence-electron chi connectivity index (χ4n) is 5.02. The molecule has 32 heavy (non-hydrogen) atoms. The molecule has 4 rings (SSSR count). The molecule has 1 aromatic rings. The molecule has 0 spiro atoms. The molecule has 3 atom stereocenters. The summed E-state index contributed by atoms with van der Waals surface area (Å²) in [6.45, 7) is 5.69. The van der Waals surface area contributed by atoms with Crippen LogP contribution in [0.15, 0.2) is 6.20 Å². The van der Waals surface area contributed by atoms with E-state index in [1.54, 1.807) is 4.68 Å². The van der Waals surface area contributed by atoms with E-state index in [4.69, 9.17) is 0 Å². The average Bonchev–Trinajstić information content (AvgIpc) is 3.31. The van der Waals surface area contributed by atoms with E-state index < -0.39 is 29.0 Å². The summed E-state index contributed by atoms with van der Waals surface area (Å²) in [4.78, 5) is 28.2. The highest BCUT2D eigenvalue weighted by Crippen LogP contribution is 2.41. The molecule has 1 aliphatic heterocycles. The van der Waals surface area contributed by atoms with Crippen LogP contribution >= 0.6 is 0 Å². The predicted molar refractivity (Wildman–Crippen MR) is 114 cm³/mol. The molecule has 1 aromatic heterocycles. The van der Waals surface area contributed by atoms with Gasteiger partial charge in [-0.05, 0) is 31.1 Å². The first kappa shape index (κ1) is 23.1. The number of carbonyl (C=O) groups is 2. The Hall–Kier alpha value is -2.04. The molecule has 0 radical (unpaired) electrons. The van der Waals surface area contributed by atoms with Crippen LogP contribution < -0.4 is 5.32 Å². The Bertz CT molecular complexity index is 849. The number of hydrogen-bond donors (Lipinski definition) is 4. The van der Waals surface area contributed by atoms with Crippen LogP contribution in [-0.4, -0.2) is 85.0 Å². The van der Waals surface area contributed by atoms with Crippen molar-refractivity contribution < 1.29 is 24.9 Å². The van der Waals surface area contributed by atoms with E-state index in [9.17, 15) is 24.9 Å². The first-order chi connectivity index (χ1) is 15.1. The highest BCUT2D eigenvalue weighted by molar-refractivity contribution is 5.90. The summed E-state index contributed by atoms with van der Waals surface area (Å²) < 4.78 is 1.61. The van der Waals surface area contributed by atoms with Gasteiger partial charge >= 0.3 is 0 Å². The zero-order valence-corrected chi connectivity index (χ0v) is 19.1. The second-order valence-electron chi connectivity index (χ2n) is 11.0. The van der Waals surface area contributed by atoms with Gasteiger partial charge in [-0.25, -0.2) is 4.68 Å². The third-order valence-corrected chi connectivity index (χ3v) is 7.08. The Morgan fingerprint density at radius 3 is 2.47 bits per heavy atom. The van der Waals surface area contributed by atoms with Gasteiger partial charge in [-0.2, -0.15) is 0 Å². The largest absolute Gasteiger partial charge is 0.396 e. The molecule has 2 saturated carbocycles. The number of nitrogens with one attached hydrogen (secondary N) is 1. The number of aromatic nitrogens is 3. The molecule has 0 bridgehead atoms. The van der Waals surface area contributed by atoms with Gasteiger partial charge in [0, 0.05) is 36.5 Å². The molecule has 4 N–H and O–H groups in total. The molecule has 2 heterocycles. The predicted octanol–water partition coefficient (Wildman–Crippen LogP) is -0.0459. The summed E-state index contributed by atoms with van der Waals surface area (Å²) in [6.07, 6.45) is 4.39. The normalized spacial score (nSPS) is 26.6. The van der Waals surface area contributed by atoms with Gasteiger partial charge in [-0.1, -0.05) is 26.0 Å². The van der Waals surface area contributed by atoms with Gasteiger partial charge in [0.1, 0.15) is 12.1 Å². The molecule has 178 valence electrons. The minimum atomic E-state index is -0.775. The molecule has 0 aromatic carbocycles. The lowest BCUT2D eigenvalue weighted by molar-refractivity contribution is -0.145. The maximum absolute atomic E-state index is 13.7. The Balaban J connectivity index is 1.49. The third-order valence-electron chi connectivity index (χ3n) is 7.08. The zero-order chi connectivity index (χ0) is 23.3. The Kier molecular flexibility index (Phi) is 6.06. The molecule has 2 aliphatic carbocycles. The van der Waals surface area contributed by atoms with Gasteiger partial charge in [-0.3, -0.25) is 9.59 Å². The van der Waals surface area contributed by atoms with Crippen molar-refractivity contribution in [3.05, 3.63) is 11.9 Å². The number of aliphatic hydroxyl groups is 3. The van der Waals surface area contributed by atoms with E-state index in [1.807, 2.05) is 27.0 Å². The van der Waals surface area contributed by atoms with Crippen molar-refractivity contribution in [3.63, 3.8) is 0 Å². The fraction of sp³-hybridized carbons (Fsp3) is 0.818. The maximum Gasteiger partial charge on any atom is 0.248 e. The second-order valence-corrected chi connectivity index (χ2v) is 11.0. The molecular weight excluding hydrogens is 414 g/mol. The summed E-state index contributed by atoms with van der Waals surface area (Å²) in [5, 5.41) is 40.6. The lowest BCUT2D eigenvalue weighted by atomic mass is 9.66. The van der Waals surface area contributed by atoms with E-state index in [0.717, 1.165) is 18.5 Å². The Morgan fingerprint density at radius 1 is 1.25 bits per heavy atom. The van der Waals surface area contributed by atoms with E-state index in [1.165, 1.54) is 4.90 Å². The van der Waals surface area contributed by atoms with E-state index in [0.29, 0.717) is 18.8 Å². The standard InChI is InChI=1S/C22H35N5O5/c1-21(2,3)18(27-10-16(24-25-27)13-4-5-13)20(32)26-9-15(30)6-17(26)19(31)23-14-7-22(8-14,11-28)12-29/h10,13-15,17-18,28-30H,4-9,11-12H2,1-3H3,(H,23,31)/t15-,17+,18-/m1/s1. The van der Waals surface area contributed by atoms with Gasteiger partial charge in [0.05, 0.1) is 25.0 Å². The molecule has 2 amide bonds. The van der Waals surface area contributed by atoms with Crippen LogP contribution in [0.5, 0.6) is 0 Å². The quantitative estimate of drug-likeness (QED) is 0.457. The Morgan fingerprint density at radius 2 is 1.91 bits per heavy atom. The van der Waals surface area contributed by atoms with Crippen molar-refractivity contribution in [2.45, 2.75) is 83.0 Å². The molecule has 10 heteroatoms. The van der Waals surface area contributed by atoms with Crippen LogP contribution in [0.2, 0.25) is 0 Å². The molecular formula is C22H35N5O5. The monoisotopic (exact) mass is 449 g/mol. The van der Waals surface area contributed by atoms with Crippen LogP contribution in [0.1, 0.15) is 70.5 Å². The smallest absolute Gasteiger partial charge is 0.248 e. The second kappa shape index (κ2) is 8.39. The van der Waals surface area contributed by atoms with Crippen LogP contribution in [0, 0.1) is 10.8 Å². The number of aliphatic hydroxyl groups excluding tert-OH is 3. The summed E-state index contributed by atoms with van der Waals surface area (Å²) in [5.41, 5.74) is -0.133. The van der Waals surface area contributed by atoms with Crippen molar-refractivity contribution in [3.8, 4) is 0 Å². The van der Waals surface area contributed by atoms with Gasteiger partial charge in [0.15, 0.2) is 0 Å². The van der Waals surface area contributed by atoms with Crippen LogP contribution in [-0.2, 0) is 9.59 Å². The Labute approximate surface area is 188 Å². The van der Waals surface area contributed by atoms with Crippen LogP contribution in [0.3, 0.4) is 0 Å². The maximum atomic E-state index is 13.7. The van der Waals surface area contributed by atoms with Crippen molar-refractivity contribution in [2.75, 3.05) is 19.8 Å². The van der Waals surface area contributed by atoms with Crippen molar-refractivity contribution in [1.29, 1.82) is 0 Å². The fourth-order valence-corrected chi connectivity index (χ4v) is 5.02. The SMILES string of the molecule is CC(C)(C)[C@@H](C(=O)N1C[C@H](O)C[C@H]1C(=O)NC1CC(CO)(CO)C1)n1cc(C2CC2)nn1. The number of likely N-dealkylation sites (tertiary alicyclic amines) is 1. The van der Waals surface area contributed by atoms with E-state index >= 15 is 0 Å². The average molecular weight is 450 g/mol. The number of hydrogen-bond acceptors (Lipinski definition) is 7. The molecule has 3 aliphatic rings. The highest BCUT2D eigenvalue weighted by Gasteiger charge is 2.48. The van der Waals surface area contributed by atoms with E-state index in [-0.39, 0.29) is 44.0 Å². The molecule has 0 unspecified atom stereocenters. The summed E-state index contributed by atoms with van der Waals surface area (Å²) in [5.74, 6) is -0.150. The summed E-state index contributed by atoms with van der Waals surface area (Å²) >= 11 is 0. The number of amides is 2. The van der Waals surface area contributed by atoms with Crippen molar-refractivity contribution in [2.24, 2.45) is 10.8 Å². The lowest BCUT2D eigenvalue weighted by Crippen LogP contribution is -2.58. The molecule has 1 saturated heterocycles. The van der Waals surface area contributed by atoms with Gasteiger partial charge < -0.3 is 25.5 Å². The van der Waals surface area contributed by atoms with Crippen molar-refractivity contribution >= 4 is 11.8 Å². The topological polar surface area (TPSA) is 141 Å². The number of nitrogens with zero attached hydrogens (tertiary/aromatic N) is 4. The highest BCUT2D eigenvalue weighted by atomic mass is 16.3. The minimum Gasteiger partial charge on any atom is -0.396 e.